The van der Waals surface area contributed by atoms with Gasteiger partial charge < -0.3 is 18.9 Å². The highest BCUT2D eigenvalue weighted by atomic mass is 16.7. The third kappa shape index (κ3) is 4.04. The molecule has 92 valence electrons. The van der Waals surface area contributed by atoms with E-state index in [1.165, 1.54) is 0 Å². The molecule has 0 atom stereocenters. The Morgan fingerprint density at radius 2 is 1.06 bits per heavy atom. The Morgan fingerprint density at radius 3 is 1.12 bits per heavy atom. The van der Waals surface area contributed by atoms with Crippen LogP contribution in [-0.4, -0.2) is 11.6 Å². The molecule has 0 aliphatic carbocycles. The molecule has 0 aromatic rings. The molecule has 4 nitrogen and oxygen atoms in total. The van der Waals surface area contributed by atoms with Gasteiger partial charge in [0, 0.05) is 27.7 Å². The summed E-state index contributed by atoms with van der Waals surface area (Å²) >= 11 is 0. The molecule has 0 fully saturated rings. The SMILES string of the molecule is CC1=COC(C)(C)O1.CC1=COC(C)(C)O1. The van der Waals surface area contributed by atoms with Gasteiger partial charge in [-0.15, -0.1) is 0 Å². The Balaban J connectivity index is 0.000000160. The van der Waals surface area contributed by atoms with Crippen molar-refractivity contribution >= 4 is 0 Å². The minimum Gasteiger partial charge on any atom is -0.457 e. The number of allylic oxidation sites excluding steroid dienone is 2. The van der Waals surface area contributed by atoms with Crippen LogP contribution in [-0.2, 0) is 18.9 Å². The predicted molar refractivity (Wildman–Crippen MR) is 60.0 cm³/mol. The summed E-state index contributed by atoms with van der Waals surface area (Å²) < 4.78 is 20.5. The van der Waals surface area contributed by atoms with E-state index in [2.05, 4.69) is 0 Å². The fraction of sp³-hybridized carbons (Fsp3) is 0.667. The van der Waals surface area contributed by atoms with Gasteiger partial charge in [-0.05, 0) is 13.8 Å². The van der Waals surface area contributed by atoms with E-state index in [4.69, 9.17) is 18.9 Å². The van der Waals surface area contributed by atoms with Gasteiger partial charge in [0.05, 0.1) is 0 Å². The lowest BCUT2D eigenvalue weighted by molar-refractivity contribution is -0.116. The van der Waals surface area contributed by atoms with Crippen molar-refractivity contribution in [2.45, 2.75) is 53.1 Å². The van der Waals surface area contributed by atoms with E-state index < -0.39 is 11.6 Å². The van der Waals surface area contributed by atoms with Crippen molar-refractivity contribution in [3.05, 3.63) is 24.0 Å². The summed E-state index contributed by atoms with van der Waals surface area (Å²) in [4.78, 5) is 0. The molecule has 0 unspecified atom stereocenters. The summed E-state index contributed by atoms with van der Waals surface area (Å²) in [5, 5.41) is 0. The maximum absolute atomic E-state index is 5.19. The number of ether oxygens (including phenoxy) is 4. The second-order valence-electron chi connectivity index (χ2n) is 4.70. The standard InChI is InChI=1S/2C6H10O2/c2*1-5-4-7-6(2,3)8-5/h2*4H,1-3H3. The minimum absolute atomic E-state index is 0.427. The van der Waals surface area contributed by atoms with Crippen LogP contribution in [0.5, 0.6) is 0 Å². The molecule has 0 aromatic carbocycles. The molecule has 2 aliphatic heterocycles. The van der Waals surface area contributed by atoms with E-state index >= 15 is 0 Å². The molecule has 2 rings (SSSR count). The Hall–Kier alpha value is -1.32. The zero-order valence-corrected chi connectivity index (χ0v) is 10.8. The van der Waals surface area contributed by atoms with Crippen LogP contribution < -0.4 is 0 Å². The Morgan fingerprint density at radius 1 is 0.750 bits per heavy atom. The van der Waals surface area contributed by atoms with Gasteiger partial charge in [-0.2, -0.15) is 0 Å². The average molecular weight is 228 g/mol. The second-order valence-corrected chi connectivity index (χ2v) is 4.70. The van der Waals surface area contributed by atoms with Crippen molar-refractivity contribution in [3.63, 3.8) is 0 Å². The van der Waals surface area contributed by atoms with Crippen molar-refractivity contribution in [2.24, 2.45) is 0 Å². The molecule has 0 radical (unpaired) electrons. The molecule has 2 heterocycles. The van der Waals surface area contributed by atoms with Gasteiger partial charge in [0.1, 0.15) is 24.0 Å². The molecule has 4 heteroatoms. The van der Waals surface area contributed by atoms with Gasteiger partial charge >= 0.3 is 0 Å². The molecular weight excluding hydrogens is 208 g/mol. The van der Waals surface area contributed by atoms with Crippen molar-refractivity contribution in [1.82, 2.24) is 0 Å². The maximum atomic E-state index is 5.19. The number of rotatable bonds is 0. The smallest absolute Gasteiger partial charge is 0.244 e. The summed E-state index contributed by atoms with van der Waals surface area (Å²) in [6, 6.07) is 0. The van der Waals surface area contributed by atoms with Crippen molar-refractivity contribution in [3.8, 4) is 0 Å². The quantitative estimate of drug-likeness (QED) is 0.637. The first kappa shape index (κ1) is 12.7. The Kier molecular flexibility index (Phi) is 3.41. The molecule has 0 spiro atoms. The van der Waals surface area contributed by atoms with Crippen molar-refractivity contribution in [2.75, 3.05) is 0 Å². The molecule has 0 aromatic heterocycles. The van der Waals surface area contributed by atoms with Crippen LogP contribution in [0.25, 0.3) is 0 Å². The van der Waals surface area contributed by atoms with E-state index in [0.717, 1.165) is 11.5 Å². The van der Waals surface area contributed by atoms with Gasteiger partial charge in [0.2, 0.25) is 11.6 Å². The molecule has 0 saturated carbocycles. The first-order valence-corrected chi connectivity index (χ1v) is 5.27. The predicted octanol–water partition coefficient (Wildman–Crippen LogP) is 3.26. The zero-order chi connectivity index (χ0) is 12.4. The summed E-state index contributed by atoms with van der Waals surface area (Å²) in [5.41, 5.74) is 0. The molecule has 16 heavy (non-hydrogen) atoms. The first-order valence-electron chi connectivity index (χ1n) is 5.27. The van der Waals surface area contributed by atoms with E-state index in [-0.39, 0.29) is 0 Å². The normalized spacial score (nSPS) is 23.6. The Labute approximate surface area is 96.8 Å². The molecule has 0 saturated heterocycles. The number of hydrogen-bond acceptors (Lipinski definition) is 4. The molecule has 0 bridgehead atoms. The molecular formula is C12H20O4. The average Bonchev–Trinajstić information content (AvgIpc) is 2.56. The van der Waals surface area contributed by atoms with Crippen LogP contribution in [0, 0.1) is 0 Å². The molecule has 0 N–H and O–H groups in total. The van der Waals surface area contributed by atoms with E-state index in [0.29, 0.717) is 0 Å². The van der Waals surface area contributed by atoms with Gasteiger partial charge in [-0.25, -0.2) is 0 Å². The second kappa shape index (κ2) is 4.28. The van der Waals surface area contributed by atoms with E-state index in [1.807, 2.05) is 41.5 Å². The summed E-state index contributed by atoms with van der Waals surface area (Å²) in [7, 11) is 0. The van der Waals surface area contributed by atoms with Crippen LogP contribution in [0.1, 0.15) is 41.5 Å². The third-order valence-corrected chi connectivity index (χ3v) is 1.83. The van der Waals surface area contributed by atoms with Gasteiger partial charge in [0.15, 0.2) is 0 Å². The first-order chi connectivity index (χ1) is 7.20. The topological polar surface area (TPSA) is 36.9 Å². The van der Waals surface area contributed by atoms with E-state index in [1.54, 1.807) is 12.5 Å². The van der Waals surface area contributed by atoms with Gasteiger partial charge in [-0.1, -0.05) is 0 Å². The summed E-state index contributed by atoms with van der Waals surface area (Å²) in [6.45, 7) is 11.2. The summed E-state index contributed by atoms with van der Waals surface area (Å²) in [6.07, 6.45) is 3.25. The molecule has 0 amide bonds. The maximum Gasteiger partial charge on any atom is 0.244 e. The lowest BCUT2D eigenvalue weighted by atomic mass is 10.4. The fourth-order valence-corrected chi connectivity index (χ4v) is 1.32. The lowest BCUT2D eigenvalue weighted by Crippen LogP contribution is -2.19. The highest BCUT2D eigenvalue weighted by Gasteiger charge is 2.25. The monoisotopic (exact) mass is 228 g/mol. The van der Waals surface area contributed by atoms with Crippen LogP contribution >= 0.6 is 0 Å². The van der Waals surface area contributed by atoms with Crippen molar-refractivity contribution < 1.29 is 18.9 Å². The van der Waals surface area contributed by atoms with E-state index in [9.17, 15) is 0 Å². The molecule has 2 aliphatic rings. The third-order valence-electron chi connectivity index (χ3n) is 1.83. The van der Waals surface area contributed by atoms with Crippen LogP contribution in [0.15, 0.2) is 24.0 Å². The minimum atomic E-state index is -0.427. The van der Waals surface area contributed by atoms with Crippen LogP contribution in [0.3, 0.4) is 0 Å². The largest absolute Gasteiger partial charge is 0.457 e. The Bertz CT molecular complexity index is 281. The van der Waals surface area contributed by atoms with Gasteiger partial charge in [-0.3, -0.25) is 0 Å². The lowest BCUT2D eigenvalue weighted by Gasteiger charge is -2.16. The van der Waals surface area contributed by atoms with Crippen LogP contribution in [0.2, 0.25) is 0 Å². The fourth-order valence-electron chi connectivity index (χ4n) is 1.32. The van der Waals surface area contributed by atoms with Gasteiger partial charge in [0.25, 0.3) is 0 Å². The van der Waals surface area contributed by atoms with Crippen molar-refractivity contribution in [1.29, 1.82) is 0 Å². The summed E-state index contributed by atoms with van der Waals surface area (Å²) in [5.74, 6) is 0.832. The number of hydrogen-bond donors (Lipinski definition) is 0. The highest BCUT2D eigenvalue weighted by molar-refractivity contribution is 4.90. The zero-order valence-electron chi connectivity index (χ0n) is 10.8. The van der Waals surface area contributed by atoms with Crippen LogP contribution in [0.4, 0.5) is 0 Å². The highest BCUT2D eigenvalue weighted by Crippen LogP contribution is 2.23.